The molecule has 2 aromatic carbocycles. The average molecular weight is 406 g/mol. The standard InChI is InChI=1S/C21H18N4O3S/c1-14-16-9-5-6-10-19(16)29-20(14)18(26)12-28-21(27)17(25-13-22-23-24-25)11-15-7-3-2-4-8-15/h2-10,13,17H,11-12H2,1H3/t17-/m1/s1. The Bertz CT molecular complexity index is 1140. The molecule has 2 heterocycles. The summed E-state index contributed by atoms with van der Waals surface area (Å²) in [6.07, 6.45) is 1.73. The Hall–Kier alpha value is -3.39. The number of nitrogens with zero attached hydrogens (tertiary/aromatic N) is 4. The summed E-state index contributed by atoms with van der Waals surface area (Å²) < 4.78 is 7.76. The lowest BCUT2D eigenvalue weighted by Gasteiger charge is -2.15. The third-order valence-electron chi connectivity index (χ3n) is 4.67. The van der Waals surface area contributed by atoms with Crippen molar-refractivity contribution in [2.24, 2.45) is 0 Å². The summed E-state index contributed by atoms with van der Waals surface area (Å²) in [5, 5.41) is 12.1. The molecule has 146 valence electrons. The van der Waals surface area contributed by atoms with E-state index in [4.69, 9.17) is 4.74 Å². The maximum Gasteiger partial charge on any atom is 0.331 e. The number of tetrazole rings is 1. The Morgan fingerprint density at radius 1 is 1.10 bits per heavy atom. The van der Waals surface area contributed by atoms with Gasteiger partial charge in [-0.3, -0.25) is 4.79 Å². The molecule has 0 unspecified atom stereocenters. The second-order valence-electron chi connectivity index (χ2n) is 6.58. The van der Waals surface area contributed by atoms with Crippen molar-refractivity contribution in [1.29, 1.82) is 0 Å². The molecule has 29 heavy (non-hydrogen) atoms. The highest BCUT2D eigenvalue weighted by molar-refractivity contribution is 7.21. The van der Waals surface area contributed by atoms with Crippen molar-refractivity contribution in [1.82, 2.24) is 20.2 Å². The number of esters is 1. The molecule has 4 aromatic rings. The van der Waals surface area contributed by atoms with E-state index in [0.717, 1.165) is 21.2 Å². The smallest absolute Gasteiger partial charge is 0.331 e. The summed E-state index contributed by atoms with van der Waals surface area (Å²) >= 11 is 1.41. The Kier molecular flexibility index (Phi) is 5.44. The molecule has 0 aliphatic carbocycles. The van der Waals surface area contributed by atoms with Crippen molar-refractivity contribution in [2.75, 3.05) is 6.61 Å². The van der Waals surface area contributed by atoms with Crippen LogP contribution in [0.15, 0.2) is 60.9 Å². The molecule has 4 rings (SSSR count). The highest BCUT2D eigenvalue weighted by Crippen LogP contribution is 2.31. The third kappa shape index (κ3) is 4.07. The maximum atomic E-state index is 12.8. The lowest BCUT2D eigenvalue weighted by Crippen LogP contribution is -2.26. The number of carbonyl (C=O) groups is 2. The second-order valence-corrected chi connectivity index (χ2v) is 7.63. The van der Waals surface area contributed by atoms with Gasteiger partial charge in [0.1, 0.15) is 6.33 Å². The van der Waals surface area contributed by atoms with E-state index in [1.54, 1.807) is 0 Å². The van der Waals surface area contributed by atoms with E-state index in [0.29, 0.717) is 11.3 Å². The Morgan fingerprint density at radius 3 is 2.59 bits per heavy atom. The number of rotatable bonds is 7. The molecule has 0 bridgehead atoms. The molecule has 1 atom stereocenters. The van der Waals surface area contributed by atoms with E-state index < -0.39 is 12.0 Å². The normalized spacial score (nSPS) is 12.0. The minimum absolute atomic E-state index is 0.216. The van der Waals surface area contributed by atoms with E-state index in [9.17, 15) is 9.59 Å². The summed E-state index contributed by atoms with van der Waals surface area (Å²) in [4.78, 5) is 26.1. The second kappa shape index (κ2) is 8.32. The van der Waals surface area contributed by atoms with Crippen molar-refractivity contribution in [3.63, 3.8) is 0 Å². The highest BCUT2D eigenvalue weighted by Gasteiger charge is 2.25. The lowest BCUT2D eigenvalue weighted by atomic mass is 10.1. The summed E-state index contributed by atoms with van der Waals surface area (Å²) in [6, 6.07) is 16.6. The predicted molar refractivity (Wildman–Crippen MR) is 109 cm³/mol. The molecule has 7 nitrogen and oxygen atoms in total. The Morgan fingerprint density at radius 2 is 1.86 bits per heavy atom. The fourth-order valence-corrected chi connectivity index (χ4v) is 4.31. The Labute approximate surface area is 170 Å². The van der Waals surface area contributed by atoms with Crippen LogP contribution in [0.25, 0.3) is 10.1 Å². The molecule has 0 radical (unpaired) electrons. The fraction of sp³-hybridized carbons (Fsp3) is 0.190. The first-order valence-electron chi connectivity index (χ1n) is 9.08. The SMILES string of the molecule is Cc1c(C(=O)COC(=O)[C@@H](Cc2ccccc2)n2cnnn2)sc2ccccc12. The molecular weight excluding hydrogens is 388 g/mol. The molecule has 0 fully saturated rings. The molecule has 0 saturated heterocycles. The number of thiophene rings is 1. The highest BCUT2D eigenvalue weighted by atomic mass is 32.1. The number of carbonyl (C=O) groups excluding carboxylic acids is 2. The van der Waals surface area contributed by atoms with Crippen LogP contribution in [0, 0.1) is 6.92 Å². The number of ether oxygens (including phenoxy) is 1. The number of ketones is 1. The quantitative estimate of drug-likeness (QED) is 0.345. The van der Waals surface area contributed by atoms with Gasteiger partial charge in [-0.2, -0.15) is 0 Å². The first-order valence-corrected chi connectivity index (χ1v) is 9.89. The topological polar surface area (TPSA) is 87.0 Å². The van der Waals surface area contributed by atoms with E-state index in [1.165, 1.54) is 22.3 Å². The molecule has 0 N–H and O–H groups in total. The molecule has 8 heteroatoms. The van der Waals surface area contributed by atoms with Gasteiger partial charge in [0.2, 0.25) is 5.78 Å². The van der Waals surface area contributed by atoms with Crippen molar-refractivity contribution in [3.8, 4) is 0 Å². The molecule has 0 spiro atoms. The van der Waals surface area contributed by atoms with E-state index in [-0.39, 0.29) is 12.4 Å². The molecule has 0 aliphatic heterocycles. The van der Waals surface area contributed by atoms with Crippen LogP contribution in [0.4, 0.5) is 0 Å². The first-order chi connectivity index (χ1) is 14.1. The van der Waals surface area contributed by atoms with Gasteiger partial charge in [-0.25, -0.2) is 9.48 Å². The minimum Gasteiger partial charge on any atom is -0.456 e. The summed E-state index contributed by atoms with van der Waals surface area (Å²) in [6.45, 7) is 1.59. The first kappa shape index (κ1) is 18.9. The number of hydrogen-bond donors (Lipinski definition) is 0. The van der Waals surface area contributed by atoms with Gasteiger partial charge in [-0.15, -0.1) is 16.4 Å². The van der Waals surface area contributed by atoms with Crippen molar-refractivity contribution in [3.05, 3.63) is 76.9 Å². The van der Waals surface area contributed by atoms with Gasteiger partial charge < -0.3 is 4.74 Å². The predicted octanol–water partition coefficient (Wildman–Crippen LogP) is 3.41. The van der Waals surface area contributed by atoms with E-state index >= 15 is 0 Å². The van der Waals surface area contributed by atoms with Crippen LogP contribution < -0.4 is 0 Å². The fourth-order valence-electron chi connectivity index (χ4n) is 3.17. The monoisotopic (exact) mass is 406 g/mol. The van der Waals surface area contributed by atoms with Crippen LogP contribution in [0.2, 0.25) is 0 Å². The van der Waals surface area contributed by atoms with E-state index in [1.807, 2.05) is 61.5 Å². The minimum atomic E-state index is -0.747. The van der Waals surface area contributed by atoms with Crippen LogP contribution in [0.1, 0.15) is 26.8 Å². The van der Waals surface area contributed by atoms with Crippen LogP contribution >= 0.6 is 11.3 Å². The summed E-state index contributed by atoms with van der Waals surface area (Å²) in [5.74, 6) is -0.763. The lowest BCUT2D eigenvalue weighted by molar-refractivity contribution is -0.146. The number of Topliss-reactive ketones (excluding diaryl/α,β-unsaturated/α-hetero) is 1. The van der Waals surface area contributed by atoms with Gasteiger partial charge in [0.25, 0.3) is 0 Å². The van der Waals surface area contributed by atoms with Crippen molar-refractivity contribution < 1.29 is 14.3 Å². The van der Waals surface area contributed by atoms with Gasteiger partial charge in [-0.1, -0.05) is 48.5 Å². The molecular formula is C21H18N4O3S. The van der Waals surface area contributed by atoms with Crippen LogP contribution in [-0.4, -0.2) is 38.6 Å². The zero-order valence-electron chi connectivity index (χ0n) is 15.7. The molecule has 0 aliphatic rings. The number of benzene rings is 2. The van der Waals surface area contributed by atoms with Crippen LogP contribution in [0.5, 0.6) is 0 Å². The summed E-state index contributed by atoms with van der Waals surface area (Å²) in [7, 11) is 0. The molecule has 0 saturated carbocycles. The average Bonchev–Trinajstić information content (AvgIpc) is 3.39. The number of fused-ring (bicyclic) bond motifs is 1. The van der Waals surface area contributed by atoms with Crippen LogP contribution in [-0.2, 0) is 16.0 Å². The van der Waals surface area contributed by atoms with Gasteiger partial charge in [-0.05, 0) is 39.9 Å². The zero-order valence-corrected chi connectivity index (χ0v) is 16.5. The maximum absolute atomic E-state index is 12.8. The Balaban J connectivity index is 1.48. The molecule has 2 aromatic heterocycles. The van der Waals surface area contributed by atoms with Crippen molar-refractivity contribution in [2.45, 2.75) is 19.4 Å². The number of hydrogen-bond acceptors (Lipinski definition) is 7. The zero-order chi connectivity index (χ0) is 20.2. The number of aromatic nitrogens is 4. The van der Waals surface area contributed by atoms with Gasteiger partial charge >= 0.3 is 5.97 Å². The number of aryl methyl sites for hydroxylation is 1. The summed E-state index contributed by atoms with van der Waals surface area (Å²) in [5.41, 5.74) is 1.85. The van der Waals surface area contributed by atoms with E-state index in [2.05, 4.69) is 15.5 Å². The largest absolute Gasteiger partial charge is 0.456 e. The van der Waals surface area contributed by atoms with Crippen LogP contribution in [0.3, 0.4) is 0 Å². The van der Waals surface area contributed by atoms with Gasteiger partial charge in [0, 0.05) is 11.1 Å². The van der Waals surface area contributed by atoms with Gasteiger partial charge in [0.15, 0.2) is 12.6 Å². The van der Waals surface area contributed by atoms with Gasteiger partial charge in [0.05, 0.1) is 4.88 Å². The third-order valence-corrected chi connectivity index (χ3v) is 5.98. The molecule has 0 amide bonds. The van der Waals surface area contributed by atoms with Crippen molar-refractivity contribution >= 4 is 33.2 Å².